The maximum Gasteiger partial charge on any atom is 0.308 e. The average Bonchev–Trinajstić information content (AvgIpc) is 2.36. The van der Waals surface area contributed by atoms with Crippen LogP contribution in [-0.2, 0) is 20.7 Å². The van der Waals surface area contributed by atoms with Crippen LogP contribution in [0.1, 0.15) is 25.3 Å². The van der Waals surface area contributed by atoms with Crippen molar-refractivity contribution in [2.75, 3.05) is 7.11 Å². The number of methoxy groups -OCH3 is 1. The molecule has 0 saturated heterocycles. The van der Waals surface area contributed by atoms with E-state index in [9.17, 15) is 9.59 Å². The van der Waals surface area contributed by atoms with Gasteiger partial charge in [0.15, 0.2) is 0 Å². The number of esters is 1. The summed E-state index contributed by atoms with van der Waals surface area (Å²) in [5.41, 5.74) is 1.14. The number of ketones is 1. The van der Waals surface area contributed by atoms with Gasteiger partial charge in [0.05, 0.1) is 13.0 Å². The Morgan fingerprint density at radius 2 is 1.88 bits per heavy atom. The van der Waals surface area contributed by atoms with E-state index in [0.717, 1.165) is 12.0 Å². The molecule has 92 valence electrons. The van der Waals surface area contributed by atoms with Gasteiger partial charge in [-0.3, -0.25) is 9.59 Å². The highest BCUT2D eigenvalue weighted by Gasteiger charge is 2.16. The first-order chi connectivity index (χ1) is 8.13. The Balaban J connectivity index is 2.33. The Hall–Kier alpha value is -1.64. The number of carbonyl (C=O) groups is 2. The van der Waals surface area contributed by atoms with Gasteiger partial charge in [-0.15, -0.1) is 0 Å². The summed E-state index contributed by atoms with van der Waals surface area (Å²) in [6, 6.07) is 9.85. The molecule has 3 nitrogen and oxygen atoms in total. The lowest BCUT2D eigenvalue weighted by Gasteiger charge is -2.07. The molecule has 3 heteroatoms. The van der Waals surface area contributed by atoms with Crippen LogP contribution in [0.25, 0.3) is 0 Å². The number of hydrogen-bond donors (Lipinski definition) is 0. The Labute approximate surface area is 102 Å². The number of aryl methyl sites for hydroxylation is 1. The summed E-state index contributed by atoms with van der Waals surface area (Å²) in [5.74, 6) is -0.562. The third-order valence-corrected chi connectivity index (χ3v) is 2.67. The predicted molar refractivity (Wildman–Crippen MR) is 65.6 cm³/mol. The molecule has 0 fully saturated rings. The number of hydrogen-bond acceptors (Lipinski definition) is 3. The van der Waals surface area contributed by atoms with Gasteiger partial charge in [0.1, 0.15) is 5.78 Å². The molecule has 0 heterocycles. The lowest BCUT2D eigenvalue weighted by atomic mass is 10.00. The average molecular weight is 234 g/mol. The van der Waals surface area contributed by atoms with Gasteiger partial charge >= 0.3 is 5.97 Å². The molecule has 0 saturated carbocycles. The van der Waals surface area contributed by atoms with Crippen LogP contribution in [0, 0.1) is 5.92 Å². The summed E-state index contributed by atoms with van der Waals surface area (Å²) in [6.07, 6.45) is 1.47. The fourth-order valence-electron chi connectivity index (χ4n) is 1.66. The molecule has 0 aromatic heterocycles. The van der Waals surface area contributed by atoms with Gasteiger partial charge in [-0.2, -0.15) is 0 Å². The largest absolute Gasteiger partial charge is 0.469 e. The molecule has 1 aromatic carbocycles. The zero-order valence-electron chi connectivity index (χ0n) is 10.3. The molecule has 1 aromatic rings. The third-order valence-electron chi connectivity index (χ3n) is 2.67. The maximum absolute atomic E-state index is 11.6. The first kappa shape index (κ1) is 13.4. The zero-order valence-corrected chi connectivity index (χ0v) is 10.3. The number of ether oxygens (including phenoxy) is 1. The van der Waals surface area contributed by atoms with Crippen molar-refractivity contribution in [3.05, 3.63) is 35.9 Å². The minimum Gasteiger partial charge on any atom is -0.469 e. The van der Waals surface area contributed by atoms with E-state index in [4.69, 9.17) is 0 Å². The van der Waals surface area contributed by atoms with Gasteiger partial charge in [0, 0.05) is 12.8 Å². The molecular formula is C14H18O3. The van der Waals surface area contributed by atoms with Crippen LogP contribution in [0.5, 0.6) is 0 Å². The SMILES string of the molecule is COC(=O)C(C)CC(=O)CCc1ccccc1. The second kappa shape index (κ2) is 6.84. The first-order valence-electron chi connectivity index (χ1n) is 5.77. The highest BCUT2D eigenvalue weighted by molar-refractivity contribution is 5.84. The van der Waals surface area contributed by atoms with Crippen molar-refractivity contribution in [1.29, 1.82) is 0 Å². The molecule has 0 aliphatic heterocycles. The highest BCUT2D eigenvalue weighted by Crippen LogP contribution is 2.09. The van der Waals surface area contributed by atoms with E-state index < -0.39 is 0 Å². The molecule has 1 rings (SSSR count). The molecule has 1 unspecified atom stereocenters. The van der Waals surface area contributed by atoms with Crippen LogP contribution < -0.4 is 0 Å². The van der Waals surface area contributed by atoms with Gasteiger partial charge in [0.25, 0.3) is 0 Å². The second-order valence-electron chi connectivity index (χ2n) is 4.15. The van der Waals surface area contributed by atoms with E-state index in [2.05, 4.69) is 4.74 Å². The van der Waals surface area contributed by atoms with Crippen molar-refractivity contribution in [2.24, 2.45) is 5.92 Å². The minimum atomic E-state index is -0.344. The Kier molecular flexibility index (Phi) is 5.40. The fraction of sp³-hybridized carbons (Fsp3) is 0.429. The number of benzene rings is 1. The van der Waals surface area contributed by atoms with Crippen molar-refractivity contribution in [3.8, 4) is 0 Å². The van der Waals surface area contributed by atoms with Crippen LogP contribution in [0.3, 0.4) is 0 Å². The predicted octanol–water partition coefficient (Wildman–Crippen LogP) is 2.39. The van der Waals surface area contributed by atoms with Crippen LogP contribution in [0.4, 0.5) is 0 Å². The van der Waals surface area contributed by atoms with Crippen molar-refractivity contribution in [2.45, 2.75) is 26.2 Å². The van der Waals surface area contributed by atoms with Crippen LogP contribution in [0.15, 0.2) is 30.3 Å². The van der Waals surface area contributed by atoms with Crippen LogP contribution >= 0.6 is 0 Å². The monoisotopic (exact) mass is 234 g/mol. The van der Waals surface area contributed by atoms with Gasteiger partial charge in [-0.25, -0.2) is 0 Å². The quantitative estimate of drug-likeness (QED) is 0.710. The number of carbonyl (C=O) groups excluding carboxylic acids is 2. The van der Waals surface area contributed by atoms with E-state index in [-0.39, 0.29) is 24.1 Å². The smallest absolute Gasteiger partial charge is 0.308 e. The van der Waals surface area contributed by atoms with E-state index in [1.165, 1.54) is 7.11 Å². The van der Waals surface area contributed by atoms with Gasteiger partial charge in [0.2, 0.25) is 0 Å². The minimum absolute atomic E-state index is 0.103. The number of rotatable bonds is 6. The molecule has 0 bridgehead atoms. The van der Waals surface area contributed by atoms with Gasteiger partial charge in [-0.05, 0) is 12.0 Å². The van der Waals surface area contributed by atoms with Crippen molar-refractivity contribution < 1.29 is 14.3 Å². The lowest BCUT2D eigenvalue weighted by molar-refractivity contribution is -0.146. The second-order valence-corrected chi connectivity index (χ2v) is 4.15. The lowest BCUT2D eigenvalue weighted by Crippen LogP contribution is -2.17. The van der Waals surface area contributed by atoms with Crippen LogP contribution in [-0.4, -0.2) is 18.9 Å². The standard InChI is InChI=1S/C14H18O3/c1-11(14(16)17-2)10-13(15)9-8-12-6-4-3-5-7-12/h3-7,11H,8-10H2,1-2H3. The molecule has 1 atom stereocenters. The van der Waals surface area contributed by atoms with Crippen LogP contribution in [0.2, 0.25) is 0 Å². The van der Waals surface area contributed by atoms with E-state index >= 15 is 0 Å². The van der Waals surface area contributed by atoms with Gasteiger partial charge < -0.3 is 4.74 Å². The van der Waals surface area contributed by atoms with E-state index in [1.807, 2.05) is 30.3 Å². The van der Waals surface area contributed by atoms with E-state index in [1.54, 1.807) is 6.92 Å². The summed E-state index contributed by atoms with van der Waals surface area (Å²) in [4.78, 5) is 22.8. The summed E-state index contributed by atoms with van der Waals surface area (Å²) in [5, 5.41) is 0. The number of Topliss-reactive ketones (excluding diaryl/α,β-unsaturated/α-hetero) is 1. The molecular weight excluding hydrogens is 216 g/mol. The van der Waals surface area contributed by atoms with Crippen molar-refractivity contribution in [3.63, 3.8) is 0 Å². The zero-order chi connectivity index (χ0) is 12.7. The molecule has 0 N–H and O–H groups in total. The maximum atomic E-state index is 11.6. The van der Waals surface area contributed by atoms with E-state index in [0.29, 0.717) is 6.42 Å². The molecule has 0 spiro atoms. The molecule has 0 amide bonds. The highest BCUT2D eigenvalue weighted by atomic mass is 16.5. The normalized spacial score (nSPS) is 11.9. The Morgan fingerprint density at radius 3 is 2.47 bits per heavy atom. The van der Waals surface area contributed by atoms with Crippen molar-refractivity contribution >= 4 is 11.8 Å². The van der Waals surface area contributed by atoms with Gasteiger partial charge in [-0.1, -0.05) is 37.3 Å². The first-order valence-corrected chi connectivity index (χ1v) is 5.77. The van der Waals surface area contributed by atoms with Crippen molar-refractivity contribution in [1.82, 2.24) is 0 Å². The molecule has 0 radical (unpaired) electrons. The summed E-state index contributed by atoms with van der Waals surface area (Å²) >= 11 is 0. The Bertz CT molecular complexity index is 370. The topological polar surface area (TPSA) is 43.4 Å². The fourth-order valence-corrected chi connectivity index (χ4v) is 1.66. The third kappa shape index (κ3) is 4.81. The Morgan fingerprint density at radius 1 is 1.24 bits per heavy atom. The molecule has 0 aliphatic carbocycles. The molecule has 0 aliphatic rings. The summed E-state index contributed by atoms with van der Waals surface area (Å²) < 4.78 is 4.58. The molecule has 17 heavy (non-hydrogen) atoms. The summed E-state index contributed by atoms with van der Waals surface area (Å²) in [7, 11) is 1.34. The summed E-state index contributed by atoms with van der Waals surface area (Å²) in [6.45, 7) is 1.71.